The molecule has 1 aromatic carbocycles. The number of carboxylic acids is 1. The molecule has 1 aliphatic heterocycles. The first-order valence-electron chi connectivity index (χ1n) is 7.78. The molecule has 1 atom stereocenters. The second kappa shape index (κ2) is 6.84. The highest BCUT2D eigenvalue weighted by Gasteiger charge is 2.26. The smallest absolute Gasteiger partial charge is 0.306 e. The van der Waals surface area contributed by atoms with Crippen LogP contribution in [0.25, 0.3) is 5.69 Å². The van der Waals surface area contributed by atoms with Crippen molar-refractivity contribution in [3.05, 3.63) is 47.8 Å². The Labute approximate surface area is 139 Å². The number of aromatic nitrogens is 2. The van der Waals surface area contributed by atoms with E-state index in [0.29, 0.717) is 25.3 Å². The Bertz CT molecular complexity index is 739. The van der Waals surface area contributed by atoms with Gasteiger partial charge in [0.15, 0.2) is 0 Å². The number of hydrogen-bond donors (Lipinski definition) is 1. The van der Waals surface area contributed by atoms with E-state index in [4.69, 9.17) is 9.84 Å². The van der Waals surface area contributed by atoms with E-state index < -0.39 is 12.1 Å². The van der Waals surface area contributed by atoms with Gasteiger partial charge in [0.2, 0.25) is 0 Å². The van der Waals surface area contributed by atoms with E-state index in [1.807, 2.05) is 25.1 Å². The Morgan fingerprint density at radius 2 is 2.04 bits per heavy atom. The summed E-state index contributed by atoms with van der Waals surface area (Å²) >= 11 is 0. The van der Waals surface area contributed by atoms with Crippen molar-refractivity contribution < 1.29 is 19.4 Å². The zero-order valence-electron chi connectivity index (χ0n) is 13.4. The number of amides is 1. The topological polar surface area (TPSA) is 84.7 Å². The Morgan fingerprint density at radius 3 is 2.67 bits per heavy atom. The van der Waals surface area contributed by atoms with E-state index in [9.17, 15) is 9.59 Å². The monoisotopic (exact) mass is 329 g/mol. The molecule has 24 heavy (non-hydrogen) atoms. The van der Waals surface area contributed by atoms with Crippen molar-refractivity contribution in [1.82, 2.24) is 14.7 Å². The van der Waals surface area contributed by atoms with Crippen molar-refractivity contribution in [1.29, 1.82) is 0 Å². The highest BCUT2D eigenvalue weighted by molar-refractivity contribution is 5.94. The summed E-state index contributed by atoms with van der Waals surface area (Å²) in [5, 5.41) is 13.1. The van der Waals surface area contributed by atoms with Gasteiger partial charge in [0, 0.05) is 30.5 Å². The molecule has 7 nitrogen and oxygen atoms in total. The molecule has 0 bridgehead atoms. The van der Waals surface area contributed by atoms with Gasteiger partial charge in [-0.3, -0.25) is 9.59 Å². The molecule has 1 N–H and O–H groups in total. The second-order valence-electron chi connectivity index (χ2n) is 5.77. The summed E-state index contributed by atoms with van der Waals surface area (Å²) in [6.07, 6.45) is 1.18. The van der Waals surface area contributed by atoms with Crippen LogP contribution in [0, 0.1) is 6.92 Å². The lowest BCUT2D eigenvalue weighted by atomic mass is 10.1. The van der Waals surface area contributed by atoms with E-state index in [0.717, 1.165) is 11.4 Å². The highest BCUT2D eigenvalue weighted by atomic mass is 16.5. The third kappa shape index (κ3) is 3.46. The molecular formula is C17H19N3O4. The molecule has 2 aromatic rings. The number of ether oxygens (including phenoxy) is 1. The van der Waals surface area contributed by atoms with Gasteiger partial charge in [-0.15, -0.1) is 0 Å². The van der Waals surface area contributed by atoms with Crippen LogP contribution in [0.1, 0.15) is 22.5 Å². The Hall–Kier alpha value is -2.67. The van der Waals surface area contributed by atoms with Crippen LogP contribution in [0.4, 0.5) is 0 Å². The third-order valence-electron chi connectivity index (χ3n) is 4.02. The molecule has 0 aliphatic carbocycles. The molecule has 0 radical (unpaired) electrons. The summed E-state index contributed by atoms with van der Waals surface area (Å²) in [7, 11) is 0. The fraction of sp³-hybridized carbons (Fsp3) is 0.353. The largest absolute Gasteiger partial charge is 0.481 e. The van der Waals surface area contributed by atoms with Crippen molar-refractivity contribution in [2.45, 2.75) is 19.4 Å². The predicted molar refractivity (Wildman–Crippen MR) is 86.2 cm³/mol. The molecule has 0 spiro atoms. The molecule has 1 amide bonds. The van der Waals surface area contributed by atoms with E-state index >= 15 is 0 Å². The number of hydrogen-bond acceptors (Lipinski definition) is 4. The normalized spacial score (nSPS) is 17.7. The fourth-order valence-electron chi connectivity index (χ4n) is 2.79. The van der Waals surface area contributed by atoms with Crippen LogP contribution in [-0.2, 0) is 9.53 Å². The van der Waals surface area contributed by atoms with Crippen molar-refractivity contribution in [2.24, 2.45) is 0 Å². The van der Waals surface area contributed by atoms with Crippen LogP contribution in [0.3, 0.4) is 0 Å². The lowest BCUT2D eigenvalue weighted by molar-refractivity contribution is -0.141. The average molecular weight is 329 g/mol. The molecule has 1 fully saturated rings. The summed E-state index contributed by atoms with van der Waals surface area (Å²) in [5.41, 5.74) is 2.47. The standard InChI is InChI=1S/C17H19N3O4/c1-12-6-7-18-20(12)14-4-2-13(3-5-14)17(23)19-8-9-24-15(11-19)10-16(21)22/h2-7,15H,8-11H2,1H3,(H,21,22). The Kier molecular flexibility index (Phi) is 4.61. The minimum atomic E-state index is -0.923. The summed E-state index contributed by atoms with van der Waals surface area (Å²) < 4.78 is 7.20. The van der Waals surface area contributed by atoms with Gasteiger partial charge in [0.25, 0.3) is 5.91 Å². The van der Waals surface area contributed by atoms with Gasteiger partial charge in [-0.05, 0) is 37.3 Å². The van der Waals surface area contributed by atoms with Gasteiger partial charge in [0.05, 0.1) is 24.8 Å². The molecule has 2 heterocycles. The first kappa shape index (κ1) is 16.2. The summed E-state index contributed by atoms with van der Waals surface area (Å²) in [5.74, 6) is -1.04. The van der Waals surface area contributed by atoms with Crippen molar-refractivity contribution in [3.63, 3.8) is 0 Å². The maximum Gasteiger partial charge on any atom is 0.306 e. The summed E-state index contributed by atoms with van der Waals surface area (Å²) in [4.78, 5) is 25.0. The van der Waals surface area contributed by atoms with E-state index in [-0.39, 0.29) is 12.3 Å². The quantitative estimate of drug-likeness (QED) is 0.919. The molecule has 0 saturated carbocycles. The zero-order chi connectivity index (χ0) is 17.1. The number of aliphatic carboxylic acids is 1. The van der Waals surface area contributed by atoms with Gasteiger partial charge in [0.1, 0.15) is 0 Å². The predicted octanol–water partition coefficient (Wildman–Crippen LogP) is 1.50. The van der Waals surface area contributed by atoms with Gasteiger partial charge in [-0.1, -0.05) is 0 Å². The molecule has 3 rings (SSSR count). The molecule has 7 heteroatoms. The molecule has 1 aliphatic rings. The minimum absolute atomic E-state index is 0.0959. The Balaban J connectivity index is 1.71. The minimum Gasteiger partial charge on any atom is -0.481 e. The lowest BCUT2D eigenvalue weighted by Crippen LogP contribution is -2.46. The Morgan fingerprint density at radius 1 is 1.29 bits per heavy atom. The number of rotatable bonds is 4. The van der Waals surface area contributed by atoms with E-state index in [2.05, 4.69) is 5.10 Å². The van der Waals surface area contributed by atoms with E-state index in [1.54, 1.807) is 27.9 Å². The van der Waals surface area contributed by atoms with Crippen LogP contribution >= 0.6 is 0 Å². The van der Waals surface area contributed by atoms with Gasteiger partial charge >= 0.3 is 5.97 Å². The number of morpholine rings is 1. The molecular weight excluding hydrogens is 310 g/mol. The number of carbonyl (C=O) groups is 2. The van der Waals surface area contributed by atoms with Crippen LogP contribution in [0.2, 0.25) is 0 Å². The van der Waals surface area contributed by atoms with E-state index in [1.165, 1.54) is 0 Å². The maximum absolute atomic E-state index is 12.6. The lowest BCUT2D eigenvalue weighted by Gasteiger charge is -2.32. The molecule has 1 aromatic heterocycles. The molecule has 1 unspecified atom stereocenters. The average Bonchev–Trinajstić information content (AvgIpc) is 3.00. The first-order chi connectivity index (χ1) is 11.5. The van der Waals surface area contributed by atoms with Crippen LogP contribution in [-0.4, -0.2) is 57.5 Å². The molecule has 126 valence electrons. The van der Waals surface area contributed by atoms with Crippen LogP contribution < -0.4 is 0 Å². The second-order valence-corrected chi connectivity index (χ2v) is 5.77. The van der Waals surface area contributed by atoms with Crippen molar-refractivity contribution in [2.75, 3.05) is 19.7 Å². The fourth-order valence-corrected chi connectivity index (χ4v) is 2.79. The number of carbonyl (C=O) groups excluding carboxylic acids is 1. The summed E-state index contributed by atoms with van der Waals surface area (Å²) in [6, 6.07) is 9.14. The maximum atomic E-state index is 12.6. The zero-order valence-corrected chi connectivity index (χ0v) is 13.4. The third-order valence-corrected chi connectivity index (χ3v) is 4.02. The SMILES string of the molecule is Cc1ccnn1-c1ccc(C(=O)N2CCOC(CC(=O)O)C2)cc1. The first-order valence-corrected chi connectivity index (χ1v) is 7.78. The number of carboxylic acid groups (broad SMARTS) is 1. The van der Waals surface area contributed by atoms with Gasteiger partial charge in [-0.2, -0.15) is 5.10 Å². The number of benzene rings is 1. The van der Waals surface area contributed by atoms with Crippen LogP contribution in [0.15, 0.2) is 36.5 Å². The summed E-state index contributed by atoms with van der Waals surface area (Å²) in [6.45, 7) is 3.08. The van der Waals surface area contributed by atoms with Crippen molar-refractivity contribution >= 4 is 11.9 Å². The van der Waals surface area contributed by atoms with Gasteiger partial charge < -0.3 is 14.7 Å². The number of aryl methyl sites for hydroxylation is 1. The van der Waals surface area contributed by atoms with Crippen molar-refractivity contribution in [3.8, 4) is 5.69 Å². The van der Waals surface area contributed by atoms with Crippen LogP contribution in [0.5, 0.6) is 0 Å². The van der Waals surface area contributed by atoms with Gasteiger partial charge in [-0.25, -0.2) is 4.68 Å². The highest BCUT2D eigenvalue weighted by Crippen LogP contribution is 2.15. The molecule has 1 saturated heterocycles. The number of nitrogens with zero attached hydrogens (tertiary/aromatic N) is 3.